The minimum Gasteiger partial charge on any atom is -0.350 e. The van der Waals surface area contributed by atoms with E-state index in [1.165, 1.54) is 23.6 Å². The number of benzene rings is 1. The Morgan fingerprint density at radius 2 is 2.00 bits per heavy atom. The van der Waals surface area contributed by atoms with Crippen molar-refractivity contribution in [3.8, 4) is 0 Å². The predicted molar refractivity (Wildman–Crippen MR) is 134 cm³/mol. The number of fused-ring (bicyclic) bond motifs is 3. The van der Waals surface area contributed by atoms with Crippen molar-refractivity contribution < 1.29 is 9.59 Å². The first-order valence-electron chi connectivity index (χ1n) is 11.1. The van der Waals surface area contributed by atoms with E-state index < -0.39 is 0 Å². The maximum atomic E-state index is 13.3. The van der Waals surface area contributed by atoms with Crippen LogP contribution in [0.15, 0.2) is 46.9 Å². The fourth-order valence-electron chi connectivity index (χ4n) is 4.18. The van der Waals surface area contributed by atoms with Crippen LogP contribution >= 0.6 is 23.1 Å². The summed E-state index contributed by atoms with van der Waals surface area (Å²) in [5.41, 5.74) is 2.65. The summed E-state index contributed by atoms with van der Waals surface area (Å²) in [6.07, 6.45) is 5.89. The second-order valence-electron chi connectivity index (χ2n) is 8.25. The molecule has 0 saturated carbocycles. The van der Waals surface area contributed by atoms with Crippen LogP contribution in [0, 0.1) is 0 Å². The van der Waals surface area contributed by atoms with Gasteiger partial charge in [-0.15, -0.1) is 17.9 Å². The van der Waals surface area contributed by atoms with Gasteiger partial charge in [0.05, 0.1) is 17.2 Å². The molecule has 1 aliphatic carbocycles. The average molecular weight is 482 g/mol. The second kappa shape index (κ2) is 10.1. The Hall–Kier alpha value is -2.71. The van der Waals surface area contributed by atoms with E-state index in [1.54, 1.807) is 34.1 Å². The maximum Gasteiger partial charge on any atom is 0.263 e. The number of Topliss-reactive ketones (excluding diaryl/α,β-unsaturated/α-hetero) is 1. The average Bonchev–Trinajstić information content (AvgIpc) is 3.18. The number of carbonyl (C=O) groups is 2. The summed E-state index contributed by atoms with van der Waals surface area (Å²) < 4.78 is 1.63. The highest BCUT2D eigenvalue weighted by molar-refractivity contribution is 7.99. The van der Waals surface area contributed by atoms with Crippen LogP contribution in [0.5, 0.6) is 0 Å². The van der Waals surface area contributed by atoms with Crippen LogP contribution in [-0.4, -0.2) is 27.0 Å². The van der Waals surface area contributed by atoms with Crippen LogP contribution in [0.1, 0.15) is 59.1 Å². The van der Waals surface area contributed by atoms with Gasteiger partial charge in [-0.2, -0.15) is 0 Å². The third-order valence-electron chi connectivity index (χ3n) is 5.84. The number of hydrogen-bond donors (Lipinski definition) is 1. The van der Waals surface area contributed by atoms with Crippen molar-refractivity contribution >= 4 is 45.0 Å². The van der Waals surface area contributed by atoms with Crippen molar-refractivity contribution in [1.82, 2.24) is 14.9 Å². The van der Waals surface area contributed by atoms with Crippen LogP contribution in [0.3, 0.4) is 0 Å². The molecule has 172 valence electrons. The molecule has 2 aromatic heterocycles. The van der Waals surface area contributed by atoms with Crippen molar-refractivity contribution in [3.05, 3.63) is 68.8 Å². The largest absolute Gasteiger partial charge is 0.350 e. The molecule has 1 unspecified atom stereocenters. The van der Waals surface area contributed by atoms with Gasteiger partial charge in [0.2, 0.25) is 5.91 Å². The fraction of sp³-hybridized carbons (Fsp3) is 0.360. The lowest BCUT2D eigenvalue weighted by Gasteiger charge is -2.13. The van der Waals surface area contributed by atoms with Crippen LogP contribution in [0.4, 0.5) is 0 Å². The highest BCUT2D eigenvalue weighted by Gasteiger charge is 2.22. The van der Waals surface area contributed by atoms with Gasteiger partial charge in [0.15, 0.2) is 10.9 Å². The number of hydrogen-bond acceptors (Lipinski definition) is 6. The molecule has 1 amide bonds. The molecule has 1 aliphatic rings. The van der Waals surface area contributed by atoms with Gasteiger partial charge in [-0.25, -0.2) is 4.98 Å². The number of aromatic nitrogens is 2. The van der Waals surface area contributed by atoms with Crippen LogP contribution in [0.25, 0.3) is 10.2 Å². The smallest absolute Gasteiger partial charge is 0.263 e. The Balaban J connectivity index is 1.55. The molecule has 0 spiro atoms. The number of allylic oxidation sites excluding steroid dienone is 1. The van der Waals surface area contributed by atoms with Crippen molar-refractivity contribution in [3.63, 3.8) is 0 Å². The monoisotopic (exact) mass is 481 g/mol. The molecular weight excluding hydrogens is 454 g/mol. The van der Waals surface area contributed by atoms with Crippen molar-refractivity contribution in [2.24, 2.45) is 0 Å². The van der Waals surface area contributed by atoms with E-state index in [9.17, 15) is 14.4 Å². The molecule has 33 heavy (non-hydrogen) atoms. The lowest BCUT2D eigenvalue weighted by atomic mass is 9.97. The molecule has 2 heterocycles. The first-order chi connectivity index (χ1) is 15.9. The topological polar surface area (TPSA) is 81.1 Å². The number of carbonyl (C=O) groups excluding carboxylic acids is 2. The van der Waals surface area contributed by atoms with Crippen molar-refractivity contribution in [1.29, 1.82) is 0 Å². The molecule has 0 aliphatic heterocycles. The Kier molecular flexibility index (Phi) is 7.14. The zero-order chi connectivity index (χ0) is 23.5. The summed E-state index contributed by atoms with van der Waals surface area (Å²) in [5, 5.41) is 4.13. The minimum atomic E-state index is -0.123. The highest BCUT2D eigenvalue weighted by Crippen LogP contribution is 2.34. The van der Waals surface area contributed by atoms with E-state index in [4.69, 9.17) is 4.98 Å². The Labute approximate surface area is 201 Å². The molecule has 4 rings (SSSR count). The summed E-state index contributed by atoms with van der Waals surface area (Å²) in [4.78, 5) is 44.3. The van der Waals surface area contributed by atoms with Crippen molar-refractivity contribution in [2.45, 2.75) is 57.3 Å². The van der Waals surface area contributed by atoms with Crippen molar-refractivity contribution in [2.75, 3.05) is 5.75 Å². The molecule has 0 bridgehead atoms. The van der Waals surface area contributed by atoms with Gasteiger partial charge in [-0.3, -0.25) is 19.0 Å². The first-order valence-corrected chi connectivity index (χ1v) is 12.9. The SMILES string of the molecule is C=CCn1c(SCC(=O)c2ccc(C(C)NC(C)=O)cc2)nc2sc3c(c2c1=O)CCCC3. The number of nitrogens with zero attached hydrogens (tertiary/aromatic N) is 2. The van der Waals surface area contributed by atoms with Crippen LogP contribution in [-0.2, 0) is 24.2 Å². The molecule has 0 radical (unpaired) electrons. The Morgan fingerprint density at radius 1 is 1.27 bits per heavy atom. The van der Waals surface area contributed by atoms with Crippen LogP contribution in [0.2, 0.25) is 0 Å². The zero-order valence-electron chi connectivity index (χ0n) is 18.8. The maximum absolute atomic E-state index is 13.3. The number of amides is 1. The number of thioether (sulfide) groups is 1. The summed E-state index contributed by atoms with van der Waals surface area (Å²) in [6, 6.07) is 7.13. The van der Waals surface area contributed by atoms with Gasteiger partial charge in [0.25, 0.3) is 5.56 Å². The normalized spacial score (nSPS) is 14.0. The predicted octanol–water partition coefficient (Wildman–Crippen LogP) is 4.69. The molecule has 6 nitrogen and oxygen atoms in total. The molecule has 3 aromatic rings. The lowest BCUT2D eigenvalue weighted by Crippen LogP contribution is -2.24. The van der Waals surface area contributed by atoms with E-state index in [-0.39, 0.29) is 29.0 Å². The summed E-state index contributed by atoms with van der Waals surface area (Å²) >= 11 is 2.90. The number of aryl methyl sites for hydroxylation is 2. The highest BCUT2D eigenvalue weighted by atomic mass is 32.2. The van der Waals surface area contributed by atoms with Gasteiger partial charge in [0, 0.05) is 23.9 Å². The molecular formula is C25H27N3O3S2. The standard InChI is InChI=1S/C25H27N3O3S2/c1-4-13-28-24(31)22-19-7-5-6-8-21(19)33-23(22)27-25(28)32-14-20(30)18-11-9-17(10-12-18)15(2)26-16(3)29/h4,9-12,15H,1,5-8,13-14H2,2-3H3,(H,26,29). The minimum absolute atomic E-state index is 0.0365. The van der Waals surface area contributed by atoms with Gasteiger partial charge in [-0.05, 0) is 43.7 Å². The number of nitrogens with one attached hydrogen (secondary N) is 1. The summed E-state index contributed by atoms with van der Waals surface area (Å²) in [5.74, 6) is 0.0465. The van der Waals surface area contributed by atoms with E-state index in [2.05, 4.69) is 11.9 Å². The Bertz CT molecular complexity index is 1270. The third kappa shape index (κ3) is 4.96. The molecule has 1 atom stereocenters. The molecule has 1 aromatic carbocycles. The summed E-state index contributed by atoms with van der Waals surface area (Å²) in [6.45, 7) is 7.53. The fourth-order valence-corrected chi connectivity index (χ4v) is 6.39. The van der Waals surface area contributed by atoms with Gasteiger partial charge in [-0.1, -0.05) is 42.1 Å². The Morgan fingerprint density at radius 3 is 2.70 bits per heavy atom. The van der Waals surface area contributed by atoms with Gasteiger partial charge in [0.1, 0.15) is 4.83 Å². The van der Waals surface area contributed by atoms with E-state index in [1.807, 2.05) is 19.1 Å². The third-order valence-corrected chi connectivity index (χ3v) is 8.00. The van der Waals surface area contributed by atoms with E-state index in [0.29, 0.717) is 17.3 Å². The number of rotatable bonds is 8. The lowest BCUT2D eigenvalue weighted by molar-refractivity contribution is -0.119. The molecule has 8 heteroatoms. The molecule has 0 saturated heterocycles. The summed E-state index contributed by atoms with van der Waals surface area (Å²) in [7, 11) is 0. The number of ketones is 1. The zero-order valence-corrected chi connectivity index (χ0v) is 20.5. The van der Waals surface area contributed by atoms with E-state index >= 15 is 0 Å². The quantitative estimate of drug-likeness (QED) is 0.218. The molecule has 0 fully saturated rings. The number of thiophene rings is 1. The van der Waals surface area contributed by atoms with Gasteiger partial charge < -0.3 is 5.32 Å². The second-order valence-corrected chi connectivity index (χ2v) is 10.3. The van der Waals surface area contributed by atoms with E-state index in [0.717, 1.165) is 47.0 Å². The first kappa shape index (κ1) is 23.4. The molecule has 1 N–H and O–H groups in total. The van der Waals surface area contributed by atoms with Gasteiger partial charge >= 0.3 is 0 Å². The van der Waals surface area contributed by atoms with Crippen LogP contribution < -0.4 is 10.9 Å².